The minimum absolute atomic E-state index is 0.0399. The van der Waals surface area contributed by atoms with E-state index in [-0.39, 0.29) is 18.2 Å². The summed E-state index contributed by atoms with van der Waals surface area (Å²) in [5.41, 5.74) is 0.180. The monoisotopic (exact) mass is 294 g/mol. The molecule has 0 saturated carbocycles. The topological polar surface area (TPSA) is 88.5 Å². The lowest BCUT2D eigenvalue weighted by atomic mass is 9.85. The van der Waals surface area contributed by atoms with Crippen LogP contribution in [0.3, 0.4) is 0 Å². The molecule has 2 N–H and O–H groups in total. The average Bonchev–Trinajstić information content (AvgIpc) is 2.36. The van der Waals surface area contributed by atoms with Gasteiger partial charge in [-0.25, -0.2) is 4.98 Å². The standard InChI is InChI=1S/C15H22N2O4/c1-9(2)15(4,8-12(18)19)17-13(20)11-7-6-10(3)16-14(11)21-5/h6-7,9H,8H2,1-5H3,(H,17,20)(H,18,19). The van der Waals surface area contributed by atoms with Crippen LogP contribution in [-0.2, 0) is 4.79 Å². The van der Waals surface area contributed by atoms with Crippen molar-refractivity contribution in [2.75, 3.05) is 7.11 Å². The van der Waals surface area contributed by atoms with E-state index in [0.717, 1.165) is 5.69 Å². The second kappa shape index (κ2) is 6.56. The van der Waals surface area contributed by atoms with Gasteiger partial charge < -0.3 is 15.2 Å². The summed E-state index contributed by atoms with van der Waals surface area (Å²) in [6, 6.07) is 3.33. The molecule has 1 heterocycles. The van der Waals surface area contributed by atoms with Gasteiger partial charge in [-0.3, -0.25) is 9.59 Å². The lowest BCUT2D eigenvalue weighted by Gasteiger charge is -2.33. The maximum absolute atomic E-state index is 12.4. The summed E-state index contributed by atoms with van der Waals surface area (Å²) in [5, 5.41) is 11.8. The number of aliphatic carboxylic acids is 1. The number of nitrogens with one attached hydrogen (secondary N) is 1. The Kier molecular flexibility index (Phi) is 5.29. The number of pyridine rings is 1. The Morgan fingerprint density at radius 3 is 2.52 bits per heavy atom. The van der Waals surface area contributed by atoms with Crippen molar-refractivity contribution in [3.05, 3.63) is 23.4 Å². The molecule has 0 aliphatic rings. The number of hydrogen-bond donors (Lipinski definition) is 2. The fourth-order valence-corrected chi connectivity index (χ4v) is 1.89. The van der Waals surface area contributed by atoms with Crippen molar-refractivity contribution in [2.24, 2.45) is 5.92 Å². The molecule has 6 heteroatoms. The smallest absolute Gasteiger partial charge is 0.305 e. The first-order chi connectivity index (χ1) is 9.69. The summed E-state index contributed by atoms with van der Waals surface area (Å²) in [4.78, 5) is 27.6. The summed E-state index contributed by atoms with van der Waals surface area (Å²) >= 11 is 0. The number of rotatable bonds is 6. The van der Waals surface area contributed by atoms with Crippen LogP contribution in [-0.4, -0.2) is 34.6 Å². The first-order valence-electron chi connectivity index (χ1n) is 6.75. The van der Waals surface area contributed by atoms with E-state index in [1.165, 1.54) is 7.11 Å². The normalized spacial score (nSPS) is 13.6. The Labute approximate surface area is 124 Å². The molecule has 1 aromatic rings. The predicted octanol–water partition coefficient (Wildman–Crippen LogP) is 2.02. The van der Waals surface area contributed by atoms with E-state index in [1.807, 2.05) is 13.8 Å². The van der Waals surface area contributed by atoms with Gasteiger partial charge in [-0.15, -0.1) is 0 Å². The van der Waals surface area contributed by atoms with Gasteiger partial charge in [0.2, 0.25) is 5.88 Å². The van der Waals surface area contributed by atoms with Crippen molar-refractivity contribution >= 4 is 11.9 Å². The summed E-state index contributed by atoms with van der Waals surface area (Å²) in [6.07, 6.45) is -0.155. The van der Waals surface area contributed by atoms with Gasteiger partial charge in [0.05, 0.1) is 19.1 Å². The third kappa shape index (κ3) is 4.18. The van der Waals surface area contributed by atoms with Crippen LogP contribution in [0.4, 0.5) is 0 Å². The molecule has 0 spiro atoms. The van der Waals surface area contributed by atoms with Crippen LogP contribution in [0.25, 0.3) is 0 Å². The molecule has 1 rings (SSSR count). The highest BCUT2D eigenvalue weighted by atomic mass is 16.5. The van der Waals surface area contributed by atoms with Crippen LogP contribution in [0.2, 0.25) is 0 Å². The molecule has 116 valence electrons. The third-order valence-electron chi connectivity index (χ3n) is 3.63. The van der Waals surface area contributed by atoms with E-state index in [4.69, 9.17) is 9.84 Å². The van der Waals surface area contributed by atoms with Crippen LogP contribution < -0.4 is 10.1 Å². The molecule has 21 heavy (non-hydrogen) atoms. The zero-order chi connectivity index (χ0) is 16.2. The highest BCUT2D eigenvalue weighted by Crippen LogP contribution is 2.23. The van der Waals surface area contributed by atoms with Gasteiger partial charge in [-0.05, 0) is 31.9 Å². The van der Waals surface area contributed by atoms with Gasteiger partial charge >= 0.3 is 5.97 Å². The molecule has 0 bridgehead atoms. The highest BCUT2D eigenvalue weighted by molar-refractivity contribution is 5.97. The molecular formula is C15H22N2O4. The fraction of sp³-hybridized carbons (Fsp3) is 0.533. The number of nitrogens with zero attached hydrogens (tertiary/aromatic N) is 1. The maximum atomic E-state index is 12.4. The number of ether oxygens (including phenoxy) is 1. The lowest BCUT2D eigenvalue weighted by Crippen LogP contribution is -2.51. The zero-order valence-corrected chi connectivity index (χ0v) is 13.1. The predicted molar refractivity (Wildman–Crippen MR) is 78.5 cm³/mol. The number of methoxy groups -OCH3 is 1. The van der Waals surface area contributed by atoms with Crippen LogP contribution in [0.1, 0.15) is 43.2 Å². The highest BCUT2D eigenvalue weighted by Gasteiger charge is 2.33. The molecule has 0 fully saturated rings. The van der Waals surface area contributed by atoms with E-state index in [2.05, 4.69) is 10.3 Å². The molecule has 0 aliphatic carbocycles. The van der Waals surface area contributed by atoms with E-state index in [9.17, 15) is 9.59 Å². The van der Waals surface area contributed by atoms with E-state index in [1.54, 1.807) is 26.0 Å². The minimum Gasteiger partial charge on any atom is -0.481 e. The number of aryl methyl sites for hydroxylation is 1. The summed E-state index contributed by atoms with van der Waals surface area (Å²) in [6.45, 7) is 7.26. The third-order valence-corrected chi connectivity index (χ3v) is 3.63. The first-order valence-corrected chi connectivity index (χ1v) is 6.75. The number of hydrogen-bond acceptors (Lipinski definition) is 4. The Hall–Kier alpha value is -2.11. The largest absolute Gasteiger partial charge is 0.481 e. The quantitative estimate of drug-likeness (QED) is 0.838. The Balaban J connectivity index is 3.05. The average molecular weight is 294 g/mol. The summed E-state index contributed by atoms with van der Waals surface area (Å²) in [7, 11) is 1.44. The van der Waals surface area contributed by atoms with E-state index in [0.29, 0.717) is 5.56 Å². The number of carbonyl (C=O) groups excluding carboxylic acids is 1. The van der Waals surface area contributed by atoms with Gasteiger partial charge in [-0.2, -0.15) is 0 Å². The Bertz CT molecular complexity index is 542. The number of carboxylic acid groups (broad SMARTS) is 1. The number of amides is 1. The van der Waals surface area contributed by atoms with Crippen LogP contribution in [0.5, 0.6) is 5.88 Å². The molecule has 1 amide bonds. The van der Waals surface area contributed by atoms with Gasteiger partial charge in [0, 0.05) is 5.69 Å². The molecule has 1 unspecified atom stereocenters. The van der Waals surface area contributed by atoms with Crippen molar-refractivity contribution in [1.82, 2.24) is 10.3 Å². The maximum Gasteiger partial charge on any atom is 0.305 e. The Morgan fingerprint density at radius 2 is 2.05 bits per heavy atom. The van der Waals surface area contributed by atoms with Crippen molar-refractivity contribution in [2.45, 2.75) is 39.7 Å². The van der Waals surface area contributed by atoms with Gasteiger partial charge in [0.1, 0.15) is 5.56 Å². The Morgan fingerprint density at radius 1 is 1.43 bits per heavy atom. The second-order valence-corrected chi connectivity index (χ2v) is 5.61. The van der Waals surface area contributed by atoms with Crippen LogP contribution >= 0.6 is 0 Å². The molecular weight excluding hydrogens is 272 g/mol. The molecule has 1 atom stereocenters. The van der Waals surface area contributed by atoms with E-state index >= 15 is 0 Å². The fourth-order valence-electron chi connectivity index (χ4n) is 1.89. The lowest BCUT2D eigenvalue weighted by molar-refractivity contribution is -0.138. The number of carbonyl (C=O) groups is 2. The zero-order valence-electron chi connectivity index (χ0n) is 13.1. The van der Waals surface area contributed by atoms with Gasteiger partial charge in [0.15, 0.2) is 0 Å². The van der Waals surface area contributed by atoms with E-state index < -0.39 is 17.4 Å². The molecule has 0 radical (unpaired) electrons. The van der Waals surface area contributed by atoms with Crippen LogP contribution in [0.15, 0.2) is 12.1 Å². The van der Waals surface area contributed by atoms with Crippen molar-refractivity contribution in [1.29, 1.82) is 0 Å². The molecule has 0 aliphatic heterocycles. The minimum atomic E-state index is -0.958. The molecule has 0 saturated heterocycles. The second-order valence-electron chi connectivity index (χ2n) is 5.61. The molecule has 6 nitrogen and oxygen atoms in total. The van der Waals surface area contributed by atoms with Crippen LogP contribution in [0, 0.1) is 12.8 Å². The number of carboxylic acids is 1. The van der Waals surface area contributed by atoms with Crippen molar-refractivity contribution in [3.8, 4) is 5.88 Å². The van der Waals surface area contributed by atoms with Crippen molar-refractivity contribution in [3.63, 3.8) is 0 Å². The molecule has 1 aromatic heterocycles. The number of aromatic nitrogens is 1. The van der Waals surface area contributed by atoms with Crippen molar-refractivity contribution < 1.29 is 19.4 Å². The summed E-state index contributed by atoms with van der Waals surface area (Å²) in [5.74, 6) is -1.16. The van der Waals surface area contributed by atoms with Gasteiger partial charge in [0.25, 0.3) is 5.91 Å². The SMILES string of the molecule is COc1nc(C)ccc1C(=O)NC(C)(CC(=O)O)C(C)C. The molecule has 0 aromatic carbocycles. The summed E-state index contributed by atoms with van der Waals surface area (Å²) < 4.78 is 5.12. The van der Waals surface area contributed by atoms with Gasteiger partial charge in [-0.1, -0.05) is 13.8 Å². The first kappa shape index (κ1) is 16.9.